The average molecular weight is 595 g/mol. The van der Waals surface area contributed by atoms with E-state index in [1.54, 1.807) is 43.5 Å². The molecular formula is C29H32BrN5O4. The van der Waals surface area contributed by atoms with Crippen LogP contribution in [0.5, 0.6) is 5.75 Å². The van der Waals surface area contributed by atoms with E-state index in [4.69, 9.17) is 9.84 Å². The number of β-amino-alcohol motifs (C(OH)–C–C–N with tert-alkyl or cyclic N) is 1. The molecule has 0 spiro atoms. The second kappa shape index (κ2) is 14.0. The number of carbonyl (C=O) groups is 2. The van der Waals surface area contributed by atoms with Gasteiger partial charge in [-0.3, -0.25) is 19.4 Å². The van der Waals surface area contributed by atoms with Crippen molar-refractivity contribution in [2.45, 2.75) is 6.54 Å². The molecule has 0 aliphatic carbocycles. The molecule has 0 atom stereocenters. The lowest BCUT2D eigenvalue weighted by Crippen LogP contribution is -2.46. The summed E-state index contributed by atoms with van der Waals surface area (Å²) >= 11 is 3.39. The lowest BCUT2D eigenvalue weighted by Gasteiger charge is -2.34. The molecule has 204 valence electrons. The van der Waals surface area contributed by atoms with E-state index in [9.17, 15) is 9.59 Å². The van der Waals surface area contributed by atoms with Gasteiger partial charge < -0.3 is 15.2 Å². The molecule has 1 saturated heterocycles. The lowest BCUT2D eigenvalue weighted by molar-refractivity contribution is 0.0956. The van der Waals surface area contributed by atoms with Gasteiger partial charge in [-0.15, -0.1) is 0 Å². The Morgan fingerprint density at radius 3 is 2.46 bits per heavy atom. The van der Waals surface area contributed by atoms with Crippen LogP contribution in [0, 0.1) is 0 Å². The zero-order chi connectivity index (χ0) is 27.6. The van der Waals surface area contributed by atoms with Gasteiger partial charge in [0.15, 0.2) is 0 Å². The predicted octanol–water partition coefficient (Wildman–Crippen LogP) is 3.58. The van der Waals surface area contributed by atoms with Gasteiger partial charge in [0.25, 0.3) is 11.8 Å². The Balaban J connectivity index is 1.36. The fourth-order valence-electron chi connectivity index (χ4n) is 4.29. The number of aliphatic hydroxyl groups excluding tert-OH is 1. The summed E-state index contributed by atoms with van der Waals surface area (Å²) in [6.07, 6.45) is 1.52. The first-order valence-corrected chi connectivity index (χ1v) is 13.5. The third-order valence-corrected chi connectivity index (χ3v) is 6.94. The second-order valence-corrected chi connectivity index (χ2v) is 10.1. The van der Waals surface area contributed by atoms with Gasteiger partial charge in [-0.05, 0) is 53.6 Å². The fourth-order valence-corrected chi connectivity index (χ4v) is 4.65. The number of ether oxygens (including phenoxy) is 1. The molecule has 0 bridgehead atoms. The molecule has 10 heteroatoms. The van der Waals surface area contributed by atoms with Crippen LogP contribution < -0.4 is 15.5 Å². The number of rotatable bonds is 10. The van der Waals surface area contributed by atoms with Crippen molar-refractivity contribution in [2.24, 2.45) is 5.10 Å². The Hall–Kier alpha value is -3.57. The van der Waals surface area contributed by atoms with E-state index in [0.717, 1.165) is 50.4 Å². The van der Waals surface area contributed by atoms with Gasteiger partial charge in [-0.1, -0.05) is 40.2 Å². The van der Waals surface area contributed by atoms with Crippen molar-refractivity contribution in [1.29, 1.82) is 0 Å². The van der Waals surface area contributed by atoms with E-state index < -0.39 is 5.91 Å². The van der Waals surface area contributed by atoms with Crippen LogP contribution in [-0.4, -0.2) is 79.4 Å². The van der Waals surface area contributed by atoms with E-state index in [1.165, 1.54) is 6.21 Å². The van der Waals surface area contributed by atoms with Gasteiger partial charge in [0.2, 0.25) is 0 Å². The van der Waals surface area contributed by atoms with Crippen molar-refractivity contribution in [2.75, 3.05) is 51.8 Å². The number of nitrogens with zero attached hydrogens (tertiary/aromatic N) is 3. The normalized spacial score (nSPS) is 14.3. The predicted molar refractivity (Wildman–Crippen MR) is 155 cm³/mol. The average Bonchev–Trinajstić information content (AvgIpc) is 2.95. The third kappa shape index (κ3) is 8.21. The van der Waals surface area contributed by atoms with Gasteiger partial charge in [0.1, 0.15) is 5.75 Å². The molecule has 9 nitrogen and oxygen atoms in total. The number of amides is 2. The minimum atomic E-state index is -0.458. The summed E-state index contributed by atoms with van der Waals surface area (Å²) in [4.78, 5) is 30.5. The highest BCUT2D eigenvalue weighted by atomic mass is 79.9. The molecule has 1 aliphatic heterocycles. The van der Waals surface area contributed by atoms with Crippen LogP contribution in [-0.2, 0) is 6.54 Å². The maximum atomic E-state index is 13.0. The molecule has 1 aliphatic rings. The van der Waals surface area contributed by atoms with Crippen LogP contribution in [0.15, 0.2) is 76.3 Å². The van der Waals surface area contributed by atoms with E-state index in [-0.39, 0.29) is 18.1 Å². The Morgan fingerprint density at radius 1 is 1.00 bits per heavy atom. The Kier molecular flexibility index (Phi) is 10.2. The summed E-state index contributed by atoms with van der Waals surface area (Å²) in [6.45, 7) is 5.49. The number of hydrogen-bond donors (Lipinski definition) is 3. The summed E-state index contributed by atoms with van der Waals surface area (Å²) in [6, 6.07) is 19.9. The first-order valence-electron chi connectivity index (χ1n) is 12.7. The number of nitrogens with one attached hydrogen (secondary N) is 2. The van der Waals surface area contributed by atoms with E-state index in [1.807, 2.05) is 30.3 Å². The molecule has 3 aromatic carbocycles. The summed E-state index contributed by atoms with van der Waals surface area (Å²) in [5.41, 5.74) is 5.56. The van der Waals surface area contributed by atoms with Crippen molar-refractivity contribution in [3.05, 3.63) is 93.5 Å². The van der Waals surface area contributed by atoms with Crippen LogP contribution in [0.4, 0.5) is 5.69 Å². The summed E-state index contributed by atoms with van der Waals surface area (Å²) in [5.74, 6) is -0.0806. The van der Waals surface area contributed by atoms with Crippen molar-refractivity contribution < 1.29 is 19.4 Å². The van der Waals surface area contributed by atoms with E-state index in [0.29, 0.717) is 21.5 Å². The van der Waals surface area contributed by atoms with Crippen LogP contribution in [0.3, 0.4) is 0 Å². The molecule has 1 heterocycles. The molecule has 39 heavy (non-hydrogen) atoms. The number of piperazine rings is 1. The summed E-state index contributed by atoms with van der Waals surface area (Å²) < 4.78 is 5.90. The molecule has 4 rings (SSSR count). The number of anilines is 1. The molecule has 3 N–H and O–H groups in total. The monoisotopic (exact) mass is 593 g/mol. The fraction of sp³-hybridized carbons (Fsp3) is 0.276. The summed E-state index contributed by atoms with van der Waals surface area (Å²) in [5, 5.41) is 16.0. The Bertz CT molecular complexity index is 1310. The number of halogens is 1. The molecule has 0 saturated carbocycles. The van der Waals surface area contributed by atoms with Gasteiger partial charge >= 0.3 is 0 Å². The first kappa shape index (κ1) is 28.4. The van der Waals surface area contributed by atoms with Crippen LogP contribution >= 0.6 is 15.9 Å². The van der Waals surface area contributed by atoms with Gasteiger partial charge in [0, 0.05) is 49.3 Å². The van der Waals surface area contributed by atoms with E-state index >= 15 is 0 Å². The minimum Gasteiger partial charge on any atom is -0.497 e. The SMILES string of the molecule is COc1cccc(C=NNC(=O)c2cc(Br)ccc2NC(=O)c2ccc(CN3CCN(CCO)CC3)cc2)c1. The van der Waals surface area contributed by atoms with Crippen molar-refractivity contribution >= 4 is 39.6 Å². The largest absolute Gasteiger partial charge is 0.497 e. The molecule has 0 radical (unpaired) electrons. The third-order valence-electron chi connectivity index (χ3n) is 6.45. The Morgan fingerprint density at radius 2 is 1.74 bits per heavy atom. The van der Waals surface area contributed by atoms with Crippen LogP contribution in [0.25, 0.3) is 0 Å². The highest BCUT2D eigenvalue weighted by Gasteiger charge is 2.18. The quantitative estimate of drug-likeness (QED) is 0.245. The van der Waals surface area contributed by atoms with Crippen molar-refractivity contribution in [1.82, 2.24) is 15.2 Å². The molecule has 0 unspecified atom stereocenters. The number of methoxy groups -OCH3 is 1. The summed E-state index contributed by atoms with van der Waals surface area (Å²) in [7, 11) is 1.58. The van der Waals surface area contributed by atoms with Gasteiger partial charge in [-0.25, -0.2) is 5.43 Å². The number of hydrazone groups is 1. The Labute approximate surface area is 236 Å². The zero-order valence-corrected chi connectivity index (χ0v) is 23.4. The molecular weight excluding hydrogens is 562 g/mol. The lowest BCUT2D eigenvalue weighted by atomic mass is 10.1. The number of benzene rings is 3. The van der Waals surface area contributed by atoms with Gasteiger partial charge in [-0.2, -0.15) is 5.10 Å². The minimum absolute atomic E-state index is 0.189. The van der Waals surface area contributed by atoms with Crippen LogP contribution in [0.1, 0.15) is 31.8 Å². The smallest absolute Gasteiger partial charge is 0.273 e. The molecule has 0 aromatic heterocycles. The standard InChI is InChI=1S/C29H32BrN5O4/c1-39-25-4-2-3-22(17-25)19-31-33-29(38)26-18-24(30)9-10-27(26)32-28(37)23-7-5-21(6-8-23)20-35-13-11-34(12-14-35)15-16-36/h2-10,17-19,36H,11-16,20H2,1H3,(H,32,37)(H,33,38). The van der Waals surface area contributed by atoms with E-state index in [2.05, 4.69) is 41.6 Å². The number of carbonyl (C=O) groups excluding carboxylic acids is 2. The zero-order valence-electron chi connectivity index (χ0n) is 21.8. The number of aliphatic hydroxyl groups is 1. The molecule has 1 fully saturated rings. The second-order valence-electron chi connectivity index (χ2n) is 9.16. The maximum absolute atomic E-state index is 13.0. The maximum Gasteiger partial charge on any atom is 0.273 e. The van der Waals surface area contributed by atoms with Crippen molar-refractivity contribution in [3.8, 4) is 5.75 Å². The number of hydrogen-bond acceptors (Lipinski definition) is 7. The topological polar surface area (TPSA) is 106 Å². The molecule has 2 amide bonds. The first-order chi connectivity index (χ1) is 18.9. The highest BCUT2D eigenvalue weighted by molar-refractivity contribution is 9.10. The highest BCUT2D eigenvalue weighted by Crippen LogP contribution is 2.22. The molecule has 3 aromatic rings. The van der Waals surface area contributed by atoms with Crippen LogP contribution in [0.2, 0.25) is 0 Å². The van der Waals surface area contributed by atoms with Crippen molar-refractivity contribution in [3.63, 3.8) is 0 Å². The van der Waals surface area contributed by atoms with Gasteiger partial charge in [0.05, 0.1) is 31.2 Å².